The van der Waals surface area contributed by atoms with Crippen molar-refractivity contribution in [3.8, 4) is 0 Å². The third-order valence-electron chi connectivity index (χ3n) is 3.17. The van der Waals surface area contributed by atoms with Gasteiger partial charge in [-0.2, -0.15) is 0 Å². The summed E-state index contributed by atoms with van der Waals surface area (Å²) in [6, 6.07) is -0.244. The number of rotatable bonds is 0. The predicted octanol–water partition coefficient (Wildman–Crippen LogP) is -1.21. The lowest BCUT2D eigenvalue weighted by Crippen LogP contribution is -2.51. The largest absolute Gasteiger partial charge is 0.391 e. The molecule has 0 aromatic rings. The molecule has 3 N–H and O–H groups in total. The predicted molar refractivity (Wildman–Crippen MR) is 47.2 cm³/mol. The second-order valence-electron chi connectivity index (χ2n) is 4.41. The Bertz CT molecular complexity index is 197. The Morgan fingerprint density at radius 2 is 1.77 bits per heavy atom. The molecule has 4 heteroatoms. The summed E-state index contributed by atoms with van der Waals surface area (Å²) in [6.45, 7) is 3.44. The van der Waals surface area contributed by atoms with Gasteiger partial charge in [0.2, 0.25) is 0 Å². The van der Waals surface area contributed by atoms with E-state index in [-0.39, 0.29) is 6.04 Å². The fraction of sp³-hybridized carbons (Fsp3) is 1.00. The highest BCUT2D eigenvalue weighted by molar-refractivity contribution is 5.00. The van der Waals surface area contributed by atoms with E-state index in [9.17, 15) is 15.3 Å². The zero-order valence-corrected chi connectivity index (χ0v) is 7.80. The Kier molecular flexibility index (Phi) is 2.32. The maximum absolute atomic E-state index is 9.73. The molecule has 0 spiro atoms. The van der Waals surface area contributed by atoms with Crippen LogP contribution in [-0.4, -0.2) is 57.7 Å². The monoisotopic (exact) mass is 187 g/mol. The minimum Gasteiger partial charge on any atom is -0.391 e. The summed E-state index contributed by atoms with van der Waals surface area (Å²) in [5.74, 6) is 0.448. The molecule has 0 aromatic heterocycles. The smallest absolute Gasteiger partial charge is 0.0991 e. The number of nitrogens with zero attached hydrogens (tertiary/aromatic N) is 1. The molecule has 13 heavy (non-hydrogen) atoms. The average molecular weight is 187 g/mol. The Hall–Kier alpha value is -0.160. The first kappa shape index (κ1) is 9.40. The van der Waals surface area contributed by atoms with Crippen LogP contribution in [0.15, 0.2) is 0 Å². The van der Waals surface area contributed by atoms with Gasteiger partial charge in [0, 0.05) is 13.1 Å². The van der Waals surface area contributed by atoms with Crippen LogP contribution in [-0.2, 0) is 0 Å². The quantitative estimate of drug-likeness (QED) is 0.445. The molecule has 2 fully saturated rings. The first-order chi connectivity index (χ1) is 6.09. The van der Waals surface area contributed by atoms with Gasteiger partial charge in [0.25, 0.3) is 0 Å². The van der Waals surface area contributed by atoms with E-state index in [1.165, 1.54) is 0 Å². The Labute approximate surface area is 77.8 Å². The van der Waals surface area contributed by atoms with Crippen molar-refractivity contribution >= 4 is 0 Å². The van der Waals surface area contributed by atoms with Crippen LogP contribution in [0.3, 0.4) is 0 Å². The molecule has 0 aromatic carbocycles. The van der Waals surface area contributed by atoms with E-state index in [4.69, 9.17) is 0 Å². The van der Waals surface area contributed by atoms with Crippen molar-refractivity contribution in [2.24, 2.45) is 5.92 Å². The number of hydrogen-bond donors (Lipinski definition) is 3. The fourth-order valence-corrected chi connectivity index (χ4v) is 2.61. The number of aliphatic hydroxyl groups is 3. The van der Waals surface area contributed by atoms with Crippen LogP contribution in [0.25, 0.3) is 0 Å². The summed E-state index contributed by atoms with van der Waals surface area (Å²) in [4.78, 5) is 1.99. The van der Waals surface area contributed by atoms with Crippen LogP contribution < -0.4 is 0 Å². The third kappa shape index (κ3) is 1.48. The van der Waals surface area contributed by atoms with Gasteiger partial charge in [0.1, 0.15) is 0 Å². The Morgan fingerprint density at radius 3 is 2.46 bits per heavy atom. The zero-order valence-electron chi connectivity index (χ0n) is 7.80. The molecule has 0 bridgehead atoms. The van der Waals surface area contributed by atoms with Gasteiger partial charge < -0.3 is 15.3 Å². The Morgan fingerprint density at radius 1 is 1.08 bits per heavy atom. The summed E-state index contributed by atoms with van der Waals surface area (Å²) in [7, 11) is 0. The van der Waals surface area contributed by atoms with Gasteiger partial charge in [-0.15, -0.1) is 0 Å². The van der Waals surface area contributed by atoms with Gasteiger partial charge in [0.15, 0.2) is 0 Å². The molecule has 2 aliphatic rings. The van der Waals surface area contributed by atoms with Crippen molar-refractivity contribution in [3.63, 3.8) is 0 Å². The van der Waals surface area contributed by atoms with Crippen LogP contribution in [0.5, 0.6) is 0 Å². The first-order valence-electron chi connectivity index (χ1n) is 4.88. The lowest BCUT2D eigenvalue weighted by molar-refractivity contribution is -0.0404. The highest BCUT2D eigenvalue weighted by Gasteiger charge is 2.46. The lowest BCUT2D eigenvalue weighted by Gasteiger charge is -2.37. The number of fused-ring (bicyclic) bond motifs is 1. The summed E-state index contributed by atoms with van der Waals surface area (Å²) in [5.41, 5.74) is 0. The first-order valence-corrected chi connectivity index (χ1v) is 4.88. The summed E-state index contributed by atoms with van der Waals surface area (Å²) >= 11 is 0. The summed E-state index contributed by atoms with van der Waals surface area (Å²) in [5, 5.41) is 28.8. The van der Waals surface area contributed by atoms with Gasteiger partial charge in [0.05, 0.1) is 24.4 Å². The van der Waals surface area contributed by atoms with Gasteiger partial charge in [-0.25, -0.2) is 0 Å². The van der Waals surface area contributed by atoms with Crippen molar-refractivity contribution < 1.29 is 15.3 Å². The van der Waals surface area contributed by atoms with Gasteiger partial charge in [-0.3, -0.25) is 4.90 Å². The molecule has 5 atom stereocenters. The zero-order chi connectivity index (χ0) is 9.59. The van der Waals surface area contributed by atoms with E-state index in [2.05, 4.69) is 6.92 Å². The molecule has 5 unspecified atom stereocenters. The fourth-order valence-electron chi connectivity index (χ4n) is 2.61. The van der Waals surface area contributed by atoms with Crippen LogP contribution >= 0.6 is 0 Å². The SMILES string of the molecule is CC1CC(O)C2C(O)C(O)CN2C1. The summed E-state index contributed by atoms with van der Waals surface area (Å²) in [6.07, 6.45) is -1.23. The Balaban J connectivity index is 2.12. The van der Waals surface area contributed by atoms with E-state index in [1.807, 2.05) is 4.90 Å². The van der Waals surface area contributed by atoms with Gasteiger partial charge in [-0.1, -0.05) is 6.92 Å². The van der Waals surface area contributed by atoms with Crippen molar-refractivity contribution in [2.75, 3.05) is 13.1 Å². The topological polar surface area (TPSA) is 63.9 Å². The second kappa shape index (κ2) is 3.20. The molecule has 2 heterocycles. The molecule has 0 saturated carbocycles. The van der Waals surface area contributed by atoms with Crippen LogP contribution in [0.2, 0.25) is 0 Å². The number of aliphatic hydroxyl groups excluding tert-OH is 3. The summed E-state index contributed by atoms with van der Waals surface area (Å²) < 4.78 is 0. The highest BCUT2D eigenvalue weighted by Crippen LogP contribution is 2.30. The number of piperidine rings is 1. The normalized spacial score (nSPS) is 52.2. The lowest BCUT2D eigenvalue weighted by atomic mass is 9.91. The average Bonchev–Trinajstić information content (AvgIpc) is 2.27. The maximum atomic E-state index is 9.73. The second-order valence-corrected chi connectivity index (χ2v) is 4.41. The van der Waals surface area contributed by atoms with Crippen LogP contribution in [0.1, 0.15) is 13.3 Å². The van der Waals surface area contributed by atoms with E-state index in [1.54, 1.807) is 0 Å². The molecule has 2 aliphatic heterocycles. The van der Waals surface area contributed by atoms with Crippen molar-refractivity contribution in [1.82, 2.24) is 4.90 Å². The number of hydrogen-bond acceptors (Lipinski definition) is 4. The molecule has 76 valence electrons. The maximum Gasteiger partial charge on any atom is 0.0991 e. The third-order valence-corrected chi connectivity index (χ3v) is 3.17. The molecule has 2 rings (SSSR count). The van der Waals surface area contributed by atoms with E-state index in [0.717, 1.165) is 13.0 Å². The molecular weight excluding hydrogens is 170 g/mol. The van der Waals surface area contributed by atoms with E-state index in [0.29, 0.717) is 12.5 Å². The minimum atomic E-state index is -0.775. The molecule has 0 radical (unpaired) electrons. The van der Waals surface area contributed by atoms with Crippen LogP contribution in [0.4, 0.5) is 0 Å². The van der Waals surface area contributed by atoms with Crippen LogP contribution in [0, 0.1) is 5.92 Å². The van der Waals surface area contributed by atoms with Crippen molar-refractivity contribution in [1.29, 1.82) is 0 Å². The van der Waals surface area contributed by atoms with Crippen molar-refractivity contribution in [3.05, 3.63) is 0 Å². The molecule has 0 amide bonds. The minimum absolute atomic E-state index is 0.244. The van der Waals surface area contributed by atoms with E-state index >= 15 is 0 Å². The molecule has 0 aliphatic carbocycles. The van der Waals surface area contributed by atoms with E-state index < -0.39 is 18.3 Å². The molecule has 4 nitrogen and oxygen atoms in total. The van der Waals surface area contributed by atoms with Gasteiger partial charge >= 0.3 is 0 Å². The highest BCUT2D eigenvalue weighted by atomic mass is 16.3. The molecular formula is C9H17NO3. The standard InChI is InChI=1S/C9H17NO3/c1-5-2-6(11)8-9(13)7(12)4-10(8)3-5/h5-9,11-13H,2-4H2,1H3. The van der Waals surface area contributed by atoms with Gasteiger partial charge in [-0.05, 0) is 12.3 Å². The van der Waals surface area contributed by atoms with Crippen molar-refractivity contribution in [2.45, 2.75) is 37.7 Å². The molecule has 2 saturated heterocycles.